The van der Waals surface area contributed by atoms with Crippen molar-refractivity contribution in [1.29, 1.82) is 0 Å². The molecule has 0 aromatic heterocycles. The van der Waals surface area contributed by atoms with Crippen molar-refractivity contribution in [3.05, 3.63) is 143 Å². The lowest BCUT2D eigenvalue weighted by molar-refractivity contribution is -0.169. The number of rotatable bonds is 9. The Kier molecular flexibility index (Phi) is 19.2. The first-order valence-electron chi connectivity index (χ1n) is 26.8. The molecule has 2 unspecified atom stereocenters. The van der Waals surface area contributed by atoms with Gasteiger partial charge in [0.1, 0.15) is 5.60 Å². The fraction of sp³-hybridized carbons (Fsp3) is 0.483. The number of ether oxygens (including phenoxy) is 1. The molecule has 78 heavy (non-hydrogen) atoms. The lowest BCUT2D eigenvalue weighted by Crippen LogP contribution is -2.64. The minimum absolute atomic E-state index is 0.0606. The zero-order valence-electron chi connectivity index (χ0n) is 44.4. The zero-order valence-corrected chi connectivity index (χ0v) is 45.9. The first-order valence-corrected chi connectivity index (χ1v) is 27.6. The van der Waals surface area contributed by atoms with E-state index in [1.54, 1.807) is 4.90 Å². The summed E-state index contributed by atoms with van der Waals surface area (Å²) in [5.74, 6) is -1.15. The van der Waals surface area contributed by atoms with Crippen molar-refractivity contribution in [3.63, 3.8) is 0 Å². The largest absolute Gasteiger partial charge is 0.452 e. The number of carbonyl (C=O) groups is 6. The SMILES string of the molecule is CC(C)(C)OC(=O)N1CCC(c2ccccc2C(=O)N2CC(N3CCN(C(=O)c4ccccc4)CC3)C2)C1.O=C(C(Cl)Cl)C(F)(F)F.O=C(c1ccccc1)N1CCN(C2CN(C(=O)c3ccccc3C3CCNC3)C2)CC1. The molecule has 6 heterocycles. The van der Waals surface area contributed by atoms with Crippen LogP contribution >= 0.6 is 23.2 Å². The lowest BCUT2D eigenvalue weighted by atomic mass is 9.92. The number of piperazine rings is 2. The van der Waals surface area contributed by atoms with Crippen LogP contribution in [0.3, 0.4) is 0 Å². The molecular formula is C58H69Cl2F3N8O7. The molecule has 6 aliphatic heterocycles. The molecule has 0 saturated carbocycles. The number of ketones is 1. The van der Waals surface area contributed by atoms with Crippen molar-refractivity contribution in [2.75, 3.05) is 105 Å². The van der Waals surface area contributed by atoms with Gasteiger partial charge in [-0.05, 0) is 93.6 Å². The Balaban J connectivity index is 0.000000180. The number of nitrogens with one attached hydrogen (secondary N) is 1. The van der Waals surface area contributed by atoms with Crippen molar-refractivity contribution < 1.29 is 46.7 Å². The number of hydrogen-bond donors (Lipinski definition) is 1. The van der Waals surface area contributed by atoms with Crippen LogP contribution in [0.15, 0.2) is 109 Å². The van der Waals surface area contributed by atoms with E-state index in [0.29, 0.717) is 57.3 Å². The number of carbonyl (C=O) groups excluding carboxylic acids is 6. The lowest BCUT2D eigenvalue weighted by Gasteiger charge is -2.48. The predicted octanol–water partition coefficient (Wildman–Crippen LogP) is 7.66. The van der Waals surface area contributed by atoms with Gasteiger partial charge in [0.2, 0.25) is 0 Å². The van der Waals surface area contributed by atoms with E-state index in [4.69, 9.17) is 4.74 Å². The molecule has 1 N–H and O–H groups in total. The highest BCUT2D eigenvalue weighted by atomic mass is 35.5. The van der Waals surface area contributed by atoms with Crippen LogP contribution in [0.2, 0.25) is 0 Å². The van der Waals surface area contributed by atoms with E-state index in [0.717, 1.165) is 106 Å². The Labute approximate surface area is 464 Å². The zero-order chi connectivity index (χ0) is 55.7. The number of hydrogen-bond acceptors (Lipinski definition) is 10. The van der Waals surface area contributed by atoms with E-state index in [1.807, 2.05) is 143 Å². The average molecular weight is 1120 g/mol. The van der Waals surface area contributed by atoms with Crippen LogP contribution < -0.4 is 5.32 Å². The average Bonchev–Trinajstić information content (AvgIpc) is 4.15. The molecular weight excluding hydrogens is 1050 g/mol. The number of benzene rings is 4. The van der Waals surface area contributed by atoms with Gasteiger partial charge in [-0.15, -0.1) is 0 Å². The van der Waals surface area contributed by atoms with Crippen LogP contribution in [0, 0.1) is 0 Å². The Morgan fingerprint density at radius 1 is 0.513 bits per heavy atom. The van der Waals surface area contributed by atoms with E-state index < -0.39 is 22.4 Å². The maximum Gasteiger partial charge on any atom is 0.452 e. The van der Waals surface area contributed by atoms with Crippen molar-refractivity contribution in [1.82, 2.24) is 39.6 Å². The molecule has 2 atom stereocenters. The van der Waals surface area contributed by atoms with Crippen LogP contribution in [0.5, 0.6) is 0 Å². The number of amides is 5. The molecule has 6 fully saturated rings. The fourth-order valence-electron chi connectivity index (χ4n) is 10.8. The molecule has 0 aliphatic carbocycles. The molecule has 418 valence electrons. The van der Waals surface area contributed by atoms with Gasteiger partial charge in [-0.25, -0.2) is 4.79 Å². The van der Waals surface area contributed by atoms with Crippen LogP contribution in [0.25, 0.3) is 0 Å². The summed E-state index contributed by atoms with van der Waals surface area (Å²) >= 11 is 9.22. The third kappa shape index (κ3) is 14.6. The Morgan fingerprint density at radius 2 is 0.936 bits per heavy atom. The number of Topliss-reactive ketones (excluding diaryl/α,β-unsaturated/α-hetero) is 1. The summed E-state index contributed by atoms with van der Waals surface area (Å²) in [4.78, 5) is 86.7. The minimum Gasteiger partial charge on any atom is -0.444 e. The molecule has 6 saturated heterocycles. The van der Waals surface area contributed by atoms with E-state index >= 15 is 0 Å². The topological polar surface area (TPSA) is 146 Å². The van der Waals surface area contributed by atoms with Gasteiger partial charge < -0.3 is 34.6 Å². The molecule has 4 aromatic carbocycles. The van der Waals surface area contributed by atoms with Gasteiger partial charge in [0.25, 0.3) is 29.4 Å². The monoisotopic (exact) mass is 1120 g/mol. The standard InChI is InChI=1S/C30H38N4O4.C25H30N4O2.C3HCl2F3O/c1-30(2,3)38-29(37)33-14-13-23(19-33)25-11-7-8-12-26(25)28(36)34-20-24(21-34)31-15-17-32(18-16-31)27(35)22-9-5-4-6-10-22;30-24(19-6-2-1-3-7-19)28-14-12-27(13-15-28)21-17-29(18-21)25(31)23-9-5-4-8-22(23)20-10-11-26-16-20;4-2(5)1(9)3(6,7)8/h4-12,23-24H,13-21H2,1-3H3;1-9,20-21,26H,10-18H2;2H. The van der Waals surface area contributed by atoms with Crippen molar-refractivity contribution >= 4 is 58.7 Å². The Morgan fingerprint density at radius 3 is 1.32 bits per heavy atom. The fourth-order valence-corrected chi connectivity index (χ4v) is 11.0. The molecule has 5 amide bonds. The maximum atomic E-state index is 13.5. The summed E-state index contributed by atoms with van der Waals surface area (Å²) in [5.41, 5.74) is 4.77. The van der Waals surface area contributed by atoms with Gasteiger partial charge in [0.15, 0.2) is 4.84 Å². The van der Waals surface area contributed by atoms with Gasteiger partial charge in [-0.2, -0.15) is 13.2 Å². The Bertz CT molecular complexity index is 2720. The second kappa shape index (κ2) is 25.8. The van der Waals surface area contributed by atoms with Crippen molar-refractivity contribution in [3.8, 4) is 0 Å². The van der Waals surface area contributed by atoms with Crippen LogP contribution in [-0.2, 0) is 9.53 Å². The second-order valence-electron chi connectivity index (χ2n) is 21.6. The first-order chi connectivity index (χ1) is 37.3. The third-order valence-electron chi connectivity index (χ3n) is 15.2. The summed E-state index contributed by atoms with van der Waals surface area (Å²) in [7, 11) is 0. The number of nitrogens with zero attached hydrogens (tertiary/aromatic N) is 7. The first kappa shape index (κ1) is 58.1. The Hall–Kier alpha value is -6.05. The second-order valence-corrected chi connectivity index (χ2v) is 22.7. The van der Waals surface area contributed by atoms with E-state index in [1.165, 1.54) is 5.56 Å². The van der Waals surface area contributed by atoms with Gasteiger partial charge in [-0.3, -0.25) is 33.8 Å². The summed E-state index contributed by atoms with van der Waals surface area (Å²) in [6, 6.07) is 35.6. The summed E-state index contributed by atoms with van der Waals surface area (Å²) < 4.78 is 39.1. The summed E-state index contributed by atoms with van der Waals surface area (Å²) in [5, 5.41) is 3.41. The van der Waals surface area contributed by atoms with E-state index in [2.05, 4.69) is 44.4 Å². The maximum absolute atomic E-state index is 13.5. The highest BCUT2D eigenvalue weighted by molar-refractivity contribution is 6.54. The number of likely N-dealkylation sites (tertiary alicyclic amines) is 3. The summed E-state index contributed by atoms with van der Waals surface area (Å²) in [6.45, 7) is 18.1. The van der Waals surface area contributed by atoms with E-state index in [-0.39, 0.29) is 35.6 Å². The summed E-state index contributed by atoms with van der Waals surface area (Å²) in [6.07, 6.45) is -3.30. The molecule has 15 nitrogen and oxygen atoms in total. The predicted molar refractivity (Wildman–Crippen MR) is 292 cm³/mol. The van der Waals surface area contributed by atoms with Crippen LogP contribution in [0.4, 0.5) is 18.0 Å². The van der Waals surface area contributed by atoms with Gasteiger partial charge >= 0.3 is 12.3 Å². The third-order valence-corrected chi connectivity index (χ3v) is 15.6. The smallest absolute Gasteiger partial charge is 0.444 e. The molecule has 0 spiro atoms. The van der Waals surface area contributed by atoms with Gasteiger partial charge in [0, 0.05) is 138 Å². The van der Waals surface area contributed by atoms with Crippen molar-refractivity contribution in [2.24, 2.45) is 0 Å². The molecule has 0 radical (unpaired) electrons. The normalized spacial score (nSPS) is 20.4. The minimum atomic E-state index is -4.92. The van der Waals surface area contributed by atoms with Crippen LogP contribution in [-0.4, -0.2) is 203 Å². The quantitative estimate of drug-likeness (QED) is 0.166. The van der Waals surface area contributed by atoms with Gasteiger partial charge in [0.05, 0.1) is 0 Å². The number of alkyl halides is 5. The van der Waals surface area contributed by atoms with E-state index in [9.17, 15) is 41.9 Å². The highest BCUT2D eigenvalue weighted by Gasteiger charge is 2.43. The van der Waals surface area contributed by atoms with Gasteiger partial charge in [-0.1, -0.05) is 96.0 Å². The molecule has 20 heteroatoms. The highest BCUT2D eigenvalue weighted by Crippen LogP contribution is 2.33. The van der Waals surface area contributed by atoms with Crippen LogP contribution in [0.1, 0.15) is 98.0 Å². The molecule has 6 aliphatic rings. The molecule has 0 bridgehead atoms. The molecule has 10 rings (SSSR count). The molecule has 4 aromatic rings. The van der Waals surface area contributed by atoms with Crippen molar-refractivity contribution in [2.45, 2.75) is 74.1 Å². The number of halogens is 5.